The van der Waals surface area contributed by atoms with Gasteiger partial charge >= 0.3 is 0 Å². The Morgan fingerprint density at radius 3 is 1.02 bits per heavy atom. The van der Waals surface area contributed by atoms with E-state index in [9.17, 15) is 0 Å². The first-order valence-corrected chi connectivity index (χ1v) is 29.9. The van der Waals surface area contributed by atoms with Gasteiger partial charge in [-0.15, -0.1) is 0 Å². The van der Waals surface area contributed by atoms with Crippen LogP contribution in [-0.2, 0) is 21.7 Å². The predicted octanol–water partition coefficient (Wildman–Crippen LogP) is 21.6. The van der Waals surface area contributed by atoms with E-state index in [1.807, 2.05) is 0 Å². The minimum atomic E-state index is -0.644. The Balaban J connectivity index is 0.917. The molecule has 2 heteroatoms. The van der Waals surface area contributed by atoms with Crippen molar-refractivity contribution < 1.29 is 0 Å². The standard InChI is InChI=1S/C82H62N2/c1-79(2)65-32-17-12-27-60(65)76-68(79)35-20-39-74(76)84(53-43-41-52(42-44-53)51-23-8-7-9-24-51)75-40-22-37-70-78(75)62-29-14-19-34-67(62)82(70)66-33-18-13-28-61(66)77-69(82)36-21-38-73(77)83(54-45-47-58-56-25-10-15-30-63(56)80(3,4)71(58)49-54)55-46-48-59-57-26-11-16-31-64(57)81(5,6)72(59)50-55/h7-50H,1-6H3. The van der Waals surface area contributed by atoms with Crippen LogP contribution < -0.4 is 9.80 Å². The van der Waals surface area contributed by atoms with Crippen LogP contribution >= 0.6 is 0 Å². The van der Waals surface area contributed by atoms with Gasteiger partial charge in [0.05, 0.1) is 22.5 Å². The molecule has 0 bridgehead atoms. The molecule has 0 fully saturated rings. The first-order chi connectivity index (χ1) is 41.0. The van der Waals surface area contributed by atoms with E-state index in [0.29, 0.717) is 0 Å². The molecule has 5 aliphatic rings. The minimum absolute atomic E-state index is 0.176. The van der Waals surface area contributed by atoms with Gasteiger partial charge in [-0.2, -0.15) is 0 Å². The molecule has 0 radical (unpaired) electrons. The van der Waals surface area contributed by atoms with Gasteiger partial charge in [0.15, 0.2) is 0 Å². The molecule has 0 aromatic heterocycles. The quantitative estimate of drug-likeness (QED) is 0.157. The van der Waals surface area contributed by atoms with Gasteiger partial charge in [-0.3, -0.25) is 0 Å². The summed E-state index contributed by atoms with van der Waals surface area (Å²) in [6, 6.07) is 102. The molecule has 5 aliphatic carbocycles. The molecule has 0 aliphatic heterocycles. The Kier molecular flexibility index (Phi) is 10.1. The zero-order valence-corrected chi connectivity index (χ0v) is 48.3. The zero-order valence-electron chi connectivity index (χ0n) is 48.3. The van der Waals surface area contributed by atoms with Gasteiger partial charge < -0.3 is 9.80 Å². The van der Waals surface area contributed by atoms with Crippen LogP contribution in [-0.4, -0.2) is 0 Å². The highest BCUT2D eigenvalue weighted by Crippen LogP contribution is 2.67. The summed E-state index contributed by atoms with van der Waals surface area (Å²) in [7, 11) is 0. The van der Waals surface area contributed by atoms with Gasteiger partial charge in [-0.05, 0) is 160 Å². The number of fused-ring (bicyclic) bond motifs is 19. The van der Waals surface area contributed by atoms with E-state index in [4.69, 9.17) is 0 Å². The average molecular weight is 1080 g/mol. The second kappa shape index (κ2) is 17.4. The van der Waals surface area contributed by atoms with Crippen molar-refractivity contribution >= 4 is 34.1 Å². The molecule has 1 unspecified atom stereocenters. The van der Waals surface area contributed by atoms with Crippen LogP contribution in [0.3, 0.4) is 0 Å². The van der Waals surface area contributed by atoms with Gasteiger partial charge in [0.25, 0.3) is 0 Å². The molecule has 12 aromatic carbocycles. The zero-order chi connectivity index (χ0) is 56.4. The van der Waals surface area contributed by atoms with E-state index in [1.165, 1.54) is 134 Å². The second-order valence-electron chi connectivity index (χ2n) is 25.5. The second-order valence-corrected chi connectivity index (χ2v) is 25.5. The third kappa shape index (κ3) is 6.41. The van der Waals surface area contributed by atoms with Gasteiger partial charge in [-0.1, -0.05) is 254 Å². The maximum Gasteiger partial charge on any atom is 0.0727 e. The first-order valence-electron chi connectivity index (χ1n) is 29.9. The van der Waals surface area contributed by atoms with E-state index in [0.717, 1.165) is 22.7 Å². The van der Waals surface area contributed by atoms with E-state index >= 15 is 0 Å². The number of nitrogens with zero attached hydrogens (tertiary/aromatic N) is 2. The molecule has 17 rings (SSSR count). The molecule has 1 spiro atoms. The molecule has 1 atom stereocenters. The Labute approximate surface area is 493 Å². The molecular formula is C82H62N2. The summed E-state index contributed by atoms with van der Waals surface area (Å²) in [6.45, 7) is 14.4. The highest BCUT2D eigenvalue weighted by Gasteiger charge is 2.54. The van der Waals surface area contributed by atoms with Crippen molar-refractivity contribution in [1.82, 2.24) is 0 Å². The number of benzene rings is 12. The average Bonchev–Trinajstić information content (AvgIpc) is 1.60. The summed E-state index contributed by atoms with van der Waals surface area (Å²) >= 11 is 0. The minimum Gasteiger partial charge on any atom is -0.310 e. The lowest BCUT2D eigenvalue weighted by Gasteiger charge is -2.33. The maximum absolute atomic E-state index is 2.60. The molecule has 0 saturated carbocycles. The van der Waals surface area contributed by atoms with Crippen molar-refractivity contribution in [3.8, 4) is 66.8 Å². The highest BCUT2D eigenvalue weighted by atomic mass is 15.2. The molecule has 0 N–H and O–H groups in total. The number of anilines is 6. The summed E-state index contributed by atoms with van der Waals surface area (Å²) in [5.74, 6) is 0. The van der Waals surface area contributed by atoms with Crippen LogP contribution in [0.5, 0.6) is 0 Å². The van der Waals surface area contributed by atoms with Crippen molar-refractivity contribution in [1.29, 1.82) is 0 Å². The van der Waals surface area contributed by atoms with Crippen LogP contribution in [0.25, 0.3) is 66.8 Å². The van der Waals surface area contributed by atoms with E-state index in [2.05, 4.69) is 318 Å². The fraction of sp³-hybridized carbons (Fsp3) is 0.122. The summed E-state index contributed by atoms with van der Waals surface area (Å²) in [6.07, 6.45) is 0. The maximum atomic E-state index is 2.60. The molecule has 12 aromatic rings. The smallest absolute Gasteiger partial charge is 0.0727 e. The SMILES string of the molecule is CC1(C)c2ccccc2-c2ccc(N(c3ccc4c(c3)C(C)(C)c3ccccc3-4)c3cccc4c3-c3ccccc3C43c4ccccc4-c4c(N(c5ccc(-c6ccccc6)cc5)c5cccc6c5-c5ccccc5C6(C)C)cccc43)cc21. The molecule has 0 saturated heterocycles. The van der Waals surface area contributed by atoms with E-state index in [-0.39, 0.29) is 16.2 Å². The Morgan fingerprint density at radius 2 is 0.536 bits per heavy atom. The van der Waals surface area contributed by atoms with Crippen LogP contribution in [0.1, 0.15) is 97.2 Å². The van der Waals surface area contributed by atoms with E-state index < -0.39 is 5.41 Å². The summed E-state index contributed by atoms with van der Waals surface area (Å²) < 4.78 is 0. The van der Waals surface area contributed by atoms with Crippen molar-refractivity contribution in [2.75, 3.05) is 9.80 Å². The molecule has 0 amide bonds. The largest absolute Gasteiger partial charge is 0.310 e. The fourth-order valence-electron chi connectivity index (χ4n) is 16.4. The van der Waals surface area contributed by atoms with Gasteiger partial charge in [0.1, 0.15) is 0 Å². The summed E-state index contributed by atoms with van der Waals surface area (Å²) in [5.41, 5.74) is 34.4. The van der Waals surface area contributed by atoms with Crippen LogP contribution in [0, 0.1) is 0 Å². The lowest BCUT2D eigenvalue weighted by Crippen LogP contribution is -2.26. The van der Waals surface area contributed by atoms with Crippen molar-refractivity contribution in [2.45, 2.75) is 63.2 Å². The van der Waals surface area contributed by atoms with Crippen molar-refractivity contribution in [2.24, 2.45) is 0 Å². The highest BCUT2D eigenvalue weighted by molar-refractivity contribution is 6.06. The van der Waals surface area contributed by atoms with Gasteiger partial charge in [0.2, 0.25) is 0 Å². The first kappa shape index (κ1) is 48.9. The van der Waals surface area contributed by atoms with Crippen molar-refractivity contribution in [3.63, 3.8) is 0 Å². The normalized spacial score (nSPS) is 16.5. The van der Waals surface area contributed by atoms with Gasteiger partial charge in [0, 0.05) is 50.0 Å². The molecule has 400 valence electrons. The predicted molar refractivity (Wildman–Crippen MR) is 350 cm³/mol. The fourth-order valence-corrected chi connectivity index (χ4v) is 16.4. The van der Waals surface area contributed by atoms with E-state index in [1.54, 1.807) is 0 Å². The van der Waals surface area contributed by atoms with Crippen LogP contribution in [0.15, 0.2) is 267 Å². The monoisotopic (exact) mass is 1070 g/mol. The number of rotatable bonds is 7. The van der Waals surface area contributed by atoms with Gasteiger partial charge in [-0.25, -0.2) is 0 Å². The Bertz CT molecular complexity index is 4660. The molecule has 2 nitrogen and oxygen atoms in total. The molecular weight excluding hydrogens is 1010 g/mol. The summed E-state index contributed by atoms with van der Waals surface area (Å²) in [4.78, 5) is 5.18. The number of hydrogen-bond donors (Lipinski definition) is 0. The summed E-state index contributed by atoms with van der Waals surface area (Å²) in [5, 5.41) is 0. The lowest BCUT2D eigenvalue weighted by atomic mass is 9.70. The third-order valence-corrected chi connectivity index (χ3v) is 20.3. The Morgan fingerprint density at radius 1 is 0.214 bits per heavy atom. The number of hydrogen-bond acceptors (Lipinski definition) is 2. The molecule has 84 heavy (non-hydrogen) atoms. The Hall–Kier alpha value is -9.76. The van der Waals surface area contributed by atoms with Crippen molar-refractivity contribution in [3.05, 3.63) is 323 Å². The third-order valence-electron chi connectivity index (χ3n) is 20.3. The molecule has 0 heterocycles. The topological polar surface area (TPSA) is 6.48 Å². The van der Waals surface area contributed by atoms with Crippen LogP contribution in [0.2, 0.25) is 0 Å². The lowest BCUT2D eigenvalue weighted by molar-refractivity contribution is 0.660. The van der Waals surface area contributed by atoms with Crippen LogP contribution in [0.4, 0.5) is 34.1 Å².